The number of benzene rings is 1. The number of nitrogen functional groups attached to an aromatic ring is 1. The van der Waals surface area contributed by atoms with Gasteiger partial charge in [-0.05, 0) is 36.5 Å². The first-order valence-electron chi connectivity index (χ1n) is 12.3. The predicted octanol–water partition coefficient (Wildman–Crippen LogP) is 1.88. The van der Waals surface area contributed by atoms with Gasteiger partial charge in [-0.3, -0.25) is 4.57 Å². The van der Waals surface area contributed by atoms with Gasteiger partial charge in [0.05, 0.1) is 19.5 Å². The van der Waals surface area contributed by atoms with Crippen LogP contribution in [-0.2, 0) is 35.0 Å². The SMILES string of the molecule is CCOC(=O)C(Cc1ccccc1)(OC1[C@H]2O[C@@H](n3cnc4c(N)nc(Cl)nc43)[C@H](O)C12N=[N+]=[N-])C(=O)OCC. The maximum Gasteiger partial charge on any atom is 0.350 e. The van der Waals surface area contributed by atoms with E-state index in [1.807, 2.05) is 0 Å². The van der Waals surface area contributed by atoms with Crippen molar-refractivity contribution >= 4 is 40.5 Å². The average Bonchev–Trinajstić information content (AvgIpc) is 3.17. The number of nitrogens with zero attached hydrogens (tertiary/aromatic N) is 7. The zero-order chi connectivity index (χ0) is 28.7. The fourth-order valence-corrected chi connectivity index (χ4v) is 5.15. The molecule has 2 aliphatic rings. The van der Waals surface area contributed by atoms with E-state index in [0.29, 0.717) is 5.56 Å². The second-order valence-electron chi connectivity index (χ2n) is 9.14. The number of azide groups is 1. The Hall–Kier alpha value is -4.01. The van der Waals surface area contributed by atoms with Gasteiger partial charge in [-0.25, -0.2) is 14.6 Å². The average molecular weight is 573 g/mol. The fraction of sp³-hybridized carbons (Fsp3) is 0.458. The minimum Gasteiger partial charge on any atom is -0.463 e. The number of imidazole rings is 1. The molecule has 1 aliphatic heterocycles. The van der Waals surface area contributed by atoms with E-state index in [9.17, 15) is 20.2 Å². The highest BCUT2D eigenvalue weighted by molar-refractivity contribution is 6.28. The van der Waals surface area contributed by atoms with Gasteiger partial charge in [0.2, 0.25) is 5.28 Å². The molecule has 0 bridgehead atoms. The topological polar surface area (TPSA) is 210 Å². The molecule has 3 heterocycles. The monoisotopic (exact) mass is 572 g/mol. The number of aromatic nitrogens is 4. The third kappa shape index (κ3) is 4.28. The minimum atomic E-state index is -2.28. The molecular formula is C24H25ClN8O7. The normalized spacial score (nSPS) is 25.2. The lowest BCUT2D eigenvalue weighted by Gasteiger charge is -2.32. The van der Waals surface area contributed by atoms with Gasteiger partial charge in [0.1, 0.15) is 29.4 Å². The molecular weight excluding hydrogens is 548 g/mol. The minimum absolute atomic E-state index is 0.0203. The third-order valence-corrected chi connectivity index (χ3v) is 7.02. The van der Waals surface area contributed by atoms with Crippen LogP contribution in [-0.4, -0.2) is 79.2 Å². The number of fused-ring (bicyclic) bond motifs is 2. The van der Waals surface area contributed by atoms with Gasteiger partial charge < -0.3 is 29.8 Å². The smallest absolute Gasteiger partial charge is 0.350 e. The lowest BCUT2D eigenvalue weighted by Crippen LogP contribution is -2.55. The highest BCUT2D eigenvalue weighted by Gasteiger charge is 2.80. The summed E-state index contributed by atoms with van der Waals surface area (Å²) in [7, 11) is 0. The maximum atomic E-state index is 13.4. The summed E-state index contributed by atoms with van der Waals surface area (Å²) in [5, 5.41) is 15.1. The number of aliphatic hydroxyl groups excluding tert-OH is 1. The van der Waals surface area contributed by atoms with Crippen molar-refractivity contribution in [2.24, 2.45) is 5.11 Å². The molecule has 15 nitrogen and oxygen atoms in total. The molecule has 1 aliphatic carbocycles. The van der Waals surface area contributed by atoms with Crippen molar-refractivity contribution in [1.82, 2.24) is 19.5 Å². The van der Waals surface area contributed by atoms with E-state index in [-0.39, 0.29) is 41.9 Å². The van der Waals surface area contributed by atoms with Crippen molar-refractivity contribution in [1.29, 1.82) is 0 Å². The molecule has 3 aromatic rings. The summed E-state index contributed by atoms with van der Waals surface area (Å²) in [6, 6.07) is 8.66. The van der Waals surface area contributed by atoms with Crippen molar-refractivity contribution in [3.8, 4) is 0 Å². The third-order valence-electron chi connectivity index (χ3n) is 6.85. The number of hydrogen-bond acceptors (Lipinski definition) is 12. The number of carbonyl (C=O) groups excluding carboxylic acids is 2. The zero-order valence-corrected chi connectivity index (χ0v) is 22.1. The molecule has 2 fully saturated rings. The number of halogens is 1. The summed E-state index contributed by atoms with van der Waals surface area (Å²) in [5.41, 5.74) is 12.3. The fourth-order valence-electron chi connectivity index (χ4n) is 4.98. The Morgan fingerprint density at radius 1 is 1.25 bits per heavy atom. The van der Waals surface area contributed by atoms with Crippen molar-refractivity contribution < 1.29 is 33.6 Å². The summed E-state index contributed by atoms with van der Waals surface area (Å²) in [6.45, 7) is 3.07. The van der Waals surface area contributed by atoms with E-state index in [2.05, 4.69) is 25.0 Å². The molecule has 16 heteroatoms. The highest BCUT2D eigenvalue weighted by Crippen LogP contribution is 2.59. The van der Waals surface area contributed by atoms with Crippen molar-refractivity contribution in [2.75, 3.05) is 18.9 Å². The summed E-state index contributed by atoms with van der Waals surface area (Å²) in [6.07, 6.45) is -3.88. The van der Waals surface area contributed by atoms with Crippen LogP contribution >= 0.6 is 11.6 Å². The first-order valence-corrected chi connectivity index (χ1v) is 12.7. The Kier molecular flexibility index (Phi) is 7.25. The molecule has 0 spiro atoms. The second-order valence-corrected chi connectivity index (χ2v) is 9.48. The van der Waals surface area contributed by atoms with Crippen LogP contribution in [0.4, 0.5) is 5.82 Å². The van der Waals surface area contributed by atoms with Crippen LogP contribution in [0.15, 0.2) is 41.8 Å². The lowest BCUT2D eigenvalue weighted by atomic mass is 9.93. The Morgan fingerprint density at radius 3 is 2.55 bits per heavy atom. The van der Waals surface area contributed by atoms with Crippen LogP contribution in [0.5, 0.6) is 0 Å². The maximum absolute atomic E-state index is 13.4. The summed E-state index contributed by atoms with van der Waals surface area (Å²) < 4.78 is 24.1. The first-order chi connectivity index (χ1) is 19.2. The zero-order valence-electron chi connectivity index (χ0n) is 21.4. The number of nitrogens with two attached hydrogens (primary N) is 1. The molecule has 3 N–H and O–H groups in total. The van der Waals surface area contributed by atoms with Gasteiger partial charge in [0, 0.05) is 11.3 Å². The van der Waals surface area contributed by atoms with Gasteiger partial charge in [-0.1, -0.05) is 35.4 Å². The molecule has 2 aromatic heterocycles. The van der Waals surface area contributed by atoms with Crippen molar-refractivity contribution in [3.63, 3.8) is 0 Å². The molecule has 0 amide bonds. The lowest BCUT2D eigenvalue weighted by molar-refractivity contribution is -0.199. The van der Waals surface area contributed by atoms with Gasteiger partial charge in [0.15, 0.2) is 17.7 Å². The molecule has 1 saturated heterocycles. The molecule has 1 aromatic carbocycles. The van der Waals surface area contributed by atoms with Crippen LogP contribution in [0.2, 0.25) is 5.28 Å². The van der Waals surface area contributed by atoms with E-state index in [1.54, 1.807) is 44.2 Å². The number of ether oxygens (including phenoxy) is 4. The predicted molar refractivity (Wildman–Crippen MR) is 138 cm³/mol. The Morgan fingerprint density at radius 2 is 1.93 bits per heavy atom. The van der Waals surface area contributed by atoms with E-state index in [4.69, 9.17) is 36.3 Å². The van der Waals surface area contributed by atoms with Crippen LogP contribution in [0.1, 0.15) is 25.6 Å². The second kappa shape index (κ2) is 10.5. The molecule has 2 unspecified atom stereocenters. The van der Waals surface area contributed by atoms with E-state index in [0.717, 1.165) is 0 Å². The summed E-state index contributed by atoms with van der Waals surface area (Å²) >= 11 is 5.96. The van der Waals surface area contributed by atoms with Crippen molar-refractivity contribution in [3.05, 3.63) is 57.9 Å². The number of aliphatic hydroxyl groups is 1. The number of hydrogen-bond donors (Lipinski definition) is 2. The molecule has 5 atom stereocenters. The Balaban J connectivity index is 1.52. The molecule has 210 valence electrons. The van der Waals surface area contributed by atoms with Gasteiger partial charge in [0.25, 0.3) is 5.60 Å². The largest absolute Gasteiger partial charge is 0.463 e. The molecule has 0 radical (unpaired) electrons. The van der Waals surface area contributed by atoms with Crippen LogP contribution in [0.3, 0.4) is 0 Å². The van der Waals surface area contributed by atoms with Crippen molar-refractivity contribution in [2.45, 2.75) is 55.9 Å². The van der Waals surface area contributed by atoms with Gasteiger partial charge in [-0.15, -0.1) is 0 Å². The molecule has 5 rings (SSSR count). The number of carbonyl (C=O) groups is 2. The number of rotatable bonds is 10. The molecule has 40 heavy (non-hydrogen) atoms. The summed E-state index contributed by atoms with van der Waals surface area (Å²) in [4.78, 5) is 41.8. The van der Waals surface area contributed by atoms with Gasteiger partial charge in [-0.2, -0.15) is 9.97 Å². The Labute approximate surface area is 231 Å². The number of anilines is 1. The van der Waals surface area contributed by atoms with Crippen LogP contribution < -0.4 is 5.73 Å². The highest BCUT2D eigenvalue weighted by atomic mass is 35.5. The van der Waals surface area contributed by atoms with Crippen LogP contribution in [0, 0.1) is 0 Å². The first kappa shape index (κ1) is 27.6. The number of esters is 2. The van der Waals surface area contributed by atoms with E-state index >= 15 is 0 Å². The standard InChI is InChI=1S/C24H25ClN8O7/c1-3-37-20(35)23(21(36)38-4-2,10-12-8-6-5-7-9-12)40-16-15-24(16,31-32-27)14(34)19(39-15)33-11-28-13-17(26)29-22(25)30-18(13)33/h5-9,11,14-16,19,34H,3-4,10H2,1-2H3,(H2,26,29,30)/t14-,15+,16?,19+,24?/m0/s1. The molecule has 1 saturated carbocycles. The Bertz CT molecular complexity index is 1480. The van der Waals surface area contributed by atoms with E-state index in [1.165, 1.54) is 10.9 Å². The summed E-state index contributed by atoms with van der Waals surface area (Å²) in [5.74, 6) is -1.97. The van der Waals surface area contributed by atoms with Crippen LogP contribution in [0.25, 0.3) is 21.6 Å². The van der Waals surface area contributed by atoms with Gasteiger partial charge >= 0.3 is 11.9 Å². The quantitative estimate of drug-likeness (QED) is 0.0893. The van der Waals surface area contributed by atoms with E-state index < -0.39 is 47.6 Å².